The number of carboxylic acids is 1. The lowest BCUT2D eigenvalue weighted by molar-refractivity contribution is 0.0692. The number of aryl methyl sites for hydroxylation is 1. The van der Waals surface area contributed by atoms with Crippen LogP contribution in [0.4, 0.5) is 0 Å². The van der Waals surface area contributed by atoms with E-state index in [0.717, 1.165) is 5.56 Å². The fourth-order valence-electron chi connectivity index (χ4n) is 1.28. The van der Waals surface area contributed by atoms with Crippen molar-refractivity contribution in [3.8, 4) is 0 Å². The molecule has 0 aliphatic carbocycles. The van der Waals surface area contributed by atoms with E-state index in [4.69, 9.17) is 5.11 Å². The second kappa shape index (κ2) is 2.55. The SMILES string of the molecule is Cc1c[nH]c2ncnc(C(=O)O)c12. The van der Waals surface area contributed by atoms with Gasteiger partial charge in [0.1, 0.15) is 12.0 Å². The van der Waals surface area contributed by atoms with Crippen molar-refractivity contribution in [3.63, 3.8) is 0 Å². The second-order valence-corrected chi connectivity index (χ2v) is 2.72. The molecule has 2 N–H and O–H groups in total. The molecule has 2 rings (SSSR count). The van der Waals surface area contributed by atoms with E-state index < -0.39 is 5.97 Å². The number of carboxylic acid groups (broad SMARTS) is 1. The Bertz CT molecular complexity index is 475. The van der Waals surface area contributed by atoms with E-state index in [-0.39, 0.29) is 5.69 Å². The van der Waals surface area contributed by atoms with Gasteiger partial charge in [-0.1, -0.05) is 0 Å². The Morgan fingerprint density at radius 2 is 2.31 bits per heavy atom. The minimum absolute atomic E-state index is 0.0451. The van der Waals surface area contributed by atoms with Gasteiger partial charge in [0, 0.05) is 6.20 Å². The Kier molecular flexibility index (Phi) is 1.51. The third-order valence-electron chi connectivity index (χ3n) is 1.87. The van der Waals surface area contributed by atoms with E-state index in [9.17, 15) is 4.79 Å². The molecule has 5 heteroatoms. The van der Waals surface area contributed by atoms with Crippen LogP contribution >= 0.6 is 0 Å². The van der Waals surface area contributed by atoms with Crippen LogP contribution in [0.15, 0.2) is 12.5 Å². The van der Waals surface area contributed by atoms with Gasteiger partial charge in [0.2, 0.25) is 0 Å². The smallest absolute Gasteiger partial charge is 0.355 e. The number of carbonyl (C=O) groups is 1. The topological polar surface area (TPSA) is 78.9 Å². The monoisotopic (exact) mass is 177 g/mol. The molecule has 0 aliphatic heterocycles. The van der Waals surface area contributed by atoms with Crippen LogP contribution in [-0.4, -0.2) is 26.0 Å². The summed E-state index contributed by atoms with van der Waals surface area (Å²) in [6, 6.07) is 0. The van der Waals surface area contributed by atoms with Crippen LogP contribution < -0.4 is 0 Å². The summed E-state index contributed by atoms with van der Waals surface area (Å²) in [5.41, 5.74) is 1.45. The first kappa shape index (κ1) is 7.72. The van der Waals surface area contributed by atoms with Gasteiger partial charge in [-0.3, -0.25) is 0 Å². The summed E-state index contributed by atoms with van der Waals surface area (Å²) in [6.45, 7) is 1.81. The number of aromatic amines is 1. The number of nitrogens with one attached hydrogen (secondary N) is 1. The number of fused-ring (bicyclic) bond motifs is 1. The van der Waals surface area contributed by atoms with E-state index in [2.05, 4.69) is 15.0 Å². The largest absolute Gasteiger partial charge is 0.476 e. The molecule has 0 fully saturated rings. The van der Waals surface area contributed by atoms with Crippen LogP contribution in [0.2, 0.25) is 0 Å². The van der Waals surface area contributed by atoms with Crippen LogP contribution in [-0.2, 0) is 0 Å². The van der Waals surface area contributed by atoms with Crippen molar-refractivity contribution in [2.24, 2.45) is 0 Å². The molecule has 0 aromatic carbocycles. The molecular weight excluding hydrogens is 170 g/mol. The van der Waals surface area contributed by atoms with E-state index in [1.807, 2.05) is 6.92 Å². The molecule has 2 aromatic rings. The Labute approximate surface area is 73.4 Å². The second-order valence-electron chi connectivity index (χ2n) is 2.72. The predicted molar refractivity (Wildman–Crippen MR) is 45.6 cm³/mol. The van der Waals surface area contributed by atoms with E-state index >= 15 is 0 Å². The molecule has 13 heavy (non-hydrogen) atoms. The first-order chi connectivity index (χ1) is 6.20. The summed E-state index contributed by atoms with van der Waals surface area (Å²) in [5, 5.41) is 9.40. The molecule has 0 bridgehead atoms. The van der Waals surface area contributed by atoms with Crippen LogP contribution in [0, 0.1) is 6.92 Å². The summed E-state index contributed by atoms with van der Waals surface area (Å²) < 4.78 is 0. The average Bonchev–Trinajstić information content (AvgIpc) is 2.48. The minimum atomic E-state index is -1.03. The highest BCUT2D eigenvalue weighted by atomic mass is 16.4. The number of nitrogens with zero attached hydrogens (tertiary/aromatic N) is 2. The lowest BCUT2D eigenvalue weighted by Gasteiger charge is -1.95. The minimum Gasteiger partial charge on any atom is -0.476 e. The molecule has 0 saturated carbocycles. The summed E-state index contributed by atoms with van der Waals surface area (Å²) in [5.74, 6) is -1.03. The lowest BCUT2D eigenvalue weighted by Crippen LogP contribution is -2.01. The van der Waals surface area contributed by atoms with Gasteiger partial charge in [-0.05, 0) is 12.5 Å². The Morgan fingerprint density at radius 3 is 3.00 bits per heavy atom. The highest BCUT2D eigenvalue weighted by molar-refractivity contribution is 6.00. The maximum absolute atomic E-state index is 10.8. The summed E-state index contributed by atoms with van der Waals surface area (Å²) in [7, 11) is 0. The fourth-order valence-corrected chi connectivity index (χ4v) is 1.28. The summed E-state index contributed by atoms with van der Waals surface area (Å²) >= 11 is 0. The Balaban J connectivity index is 2.88. The number of hydrogen-bond donors (Lipinski definition) is 2. The number of rotatable bonds is 1. The quantitative estimate of drug-likeness (QED) is 0.680. The molecule has 0 atom stereocenters. The lowest BCUT2D eigenvalue weighted by atomic mass is 10.2. The highest BCUT2D eigenvalue weighted by Gasteiger charge is 2.13. The maximum Gasteiger partial charge on any atom is 0.355 e. The molecule has 0 saturated heterocycles. The molecule has 0 spiro atoms. The maximum atomic E-state index is 10.8. The molecule has 0 unspecified atom stereocenters. The molecule has 0 amide bonds. The number of H-pyrrole nitrogens is 1. The van der Waals surface area contributed by atoms with Crippen molar-refractivity contribution in [1.82, 2.24) is 15.0 Å². The molecule has 66 valence electrons. The van der Waals surface area contributed by atoms with E-state index in [0.29, 0.717) is 11.0 Å². The first-order valence-corrected chi connectivity index (χ1v) is 3.72. The molecule has 0 aliphatic rings. The molecule has 0 radical (unpaired) electrons. The van der Waals surface area contributed by atoms with E-state index in [1.165, 1.54) is 6.33 Å². The van der Waals surface area contributed by atoms with Gasteiger partial charge in [0.25, 0.3) is 0 Å². The standard InChI is InChI=1S/C8H7N3O2/c1-4-2-9-7-5(4)6(8(12)13)10-3-11-7/h2-3H,1H3,(H,12,13)(H,9,10,11). The van der Waals surface area contributed by atoms with Gasteiger partial charge in [-0.2, -0.15) is 0 Å². The van der Waals surface area contributed by atoms with Crippen molar-refractivity contribution in [1.29, 1.82) is 0 Å². The van der Waals surface area contributed by atoms with Crippen molar-refractivity contribution < 1.29 is 9.90 Å². The van der Waals surface area contributed by atoms with Crippen molar-refractivity contribution in [3.05, 3.63) is 23.8 Å². The third kappa shape index (κ3) is 1.05. The zero-order chi connectivity index (χ0) is 9.42. The molecule has 5 nitrogen and oxygen atoms in total. The zero-order valence-electron chi connectivity index (χ0n) is 6.90. The number of aromatic carboxylic acids is 1. The Morgan fingerprint density at radius 1 is 1.54 bits per heavy atom. The van der Waals surface area contributed by atoms with Gasteiger partial charge in [0.05, 0.1) is 5.39 Å². The van der Waals surface area contributed by atoms with Gasteiger partial charge >= 0.3 is 5.97 Å². The fraction of sp³-hybridized carbons (Fsp3) is 0.125. The van der Waals surface area contributed by atoms with Crippen LogP contribution in [0.25, 0.3) is 11.0 Å². The highest BCUT2D eigenvalue weighted by Crippen LogP contribution is 2.17. The molecular formula is C8H7N3O2. The van der Waals surface area contributed by atoms with E-state index in [1.54, 1.807) is 6.20 Å². The predicted octanol–water partition coefficient (Wildman–Crippen LogP) is 0.965. The third-order valence-corrected chi connectivity index (χ3v) is 1.87. The first-order valence-electron chi connectivity index (χ1n) is 3.72. The van der Waals surface area contributed by atoms with Crippen LogP contribution in [0.3, 0.4) is 0 Å². The van der Waals surface area contributed by atoms with Crippen molar-refractivity contribution >= 4 is 17.0 Å². The Hall–Kier alpha value is -1.91. The van der Waals surface area contributed by atoms with Gasteiger partial charge in [-0.15, -0.1) is 0 Å². The van der Waals surface area contributed by atoms with Crippen molar-refractivity contribution in [2.75, 3.05) is 0 Å². The van der Waals surface area contributed by atoms with Crippen molar-refractivity contribution in [2.45, 2.75) is 6.92 Å². The molecule has 2 aromatic heterocycles. The van der Waals surface area contributed by atoms with Gasteiger partial charge < -0.3 is 10.1 Å². The van der Waals surface area contributed by atoms with Gasteiger partial charge in [-0.25, -0.2) is 14.8 Å². The summed E-state index contributed by atoms with van der Waals surface area (Å²) in [6.07, 6.45) is 2.95. The van der Waals surface area contributed by atoms with Crippen LogP contribution in [0.1, 0.15) is 16.1 Å². The van der Waals surface area contributed by atoms with Gasteiger partial charge in [0.15, 0.2) is 5.69 Å². The number of aromatic nitrogens is 3. The average molecular weight is 177 g/mol. The molecule has 2 heterocycles. The van der Waals surface area contributed by atoms with Crippen LogP contribution in [0.5, 0.6) is 0 Å². The zero-order valence-corrected chi connectivity index (χ0v) is 6.90. The normalized spacial score (nSPS) is 10.5. The number of hydrogen-bond acceptors (Lipinski definition) is 3. The summed E-state index contributed by atoms with van der Waals surface area (Å²) in [4.78, 5) is 21.3.